The molecular formula is C12H14O5. The SMILES string of the molecule is CCOc1ccc(CC(C(=O)O)C(=O)O)cc1. The van der Waals surface area contributed by atoms with E-state index in [9.17, 15) is 9.59 Å². The average Bonchev–Trinajstić information content (AvgIpc) is 2.27. The second kappa shape index (κ2) is 5.89. The molecule has 0 spiro atoms. The van der Waals surface area contributed by atoms with Crippen molar-refractivity contribution < 1.29 is 24.5 Å². The highest BCUT2D eigenvalue weighted by Crippen LogP contribution is 2.15. The number of carboxylic acids is 2. The Balaban J connectivity index is 2.73. The van der Waals surface area contributed by atoms with Gasteiger partial charge in [0, 0.05) is 0 Å². The molecular weight excluding hydrogens is 224 g/mol. The Hall–Kier alpha value is -2.04. The molecule has 0 aromatic heterocycles. The summed E-state index contributed by atoms with van der Waals surface area (Å²) in [6.07, 6.45) is -0.0307. The molecule has 0 atom stereocenters. The molecule has 0 saturated heterocycles. The number of hydrogen-bond acceptors (Lipinski definition) is 3. The third-order valence-corrected chi connectivity index (χ3v) is 2.27. The van der Waals surface area contributed by atoms with Crippen LogP contribution in [0.5, 0.6) is 5.75 Å². The fourth-order valence-corrected chi connectivity index (χ4v) is 1.40. The first-order valence-corrected chi connectivity index (χ1v) is 5.22. The molecule has 0 fully saturated rings. The van der Waals surface area contributed by atoms with Crippen LogP contribution >= 0.6 is 0 Å². The molecule has 1 aromatic rings. The van der Waals surface area contributed by atoms with Crippen LogP contribution in [0.15, 0.2) is 24.3 Å². The zero-order valence-corrected chi connectivity index (χ0v) is 9.42. The molecule has 5 heteroatoms. The van der Waals surface area contributed by atoms with Crippen molar-refractivity contribution in [2.75, 3.05) is 6.61 Å². The van der Waals surface area contributed by atoms with E-state index in [1.54, 1.807) is 24.3 Å². The topological polar surface area (TPSA) is 83.8 Å². The summed E-state index contributed by atoms with van der Waals surface area (Å²) < 4.78 is 5.23. The molecule has 1 aromatic carbocycles. The highest BCUT2D eigenvalue weighted by molar-refractivity contribution is 5.93. The standard InChI is InChI=1S/C12H14O5/c1-2-17-9-5-3-8(4-6-9)7-10(11(13)14)12(15)16/h3-6,10H,2,7H2,1H3,(H,13,14)(H,15,16). The van der Waals surface area contributed by atoms with Crippen molar-refractivity contribution in [1.29, 1.82) is 0 Å². The number of ether oxygens (including phenoxy) is 1. The van der Waals surface area contributed by atoms with Crippen LogP contribution in [0, 0.1) is 5.92 Å². The molecule has 1 rings (SSSR count). The predicted molar refractivity (Wildman–Crippen MR) is 60.1 cm³/mol. The molecule has 0 amide bonds. The van der Waals surface area contributed by atoms with Crippen LogP contribution in [-0.2, 0) is 16.0 Å². The summed E-state index contributed by atoms with van der Waals surface area (Å²) in [5.41, 5.74) is 0.656. The van der Waals surface area contributed by atoms with E-state index < -0.39 is 17.9 Å². The van der Waals surface area contributed by atoms with E-state index >= 15 is 0 Å². The lowest BCUT2D eigenvalue weighted by atomic mass is 10.00. The summed E-state index contributed by atoms with van der Waals surface area (Å²) in [5, 5.41) is 17.5. The Bertz CT molecular complexity index is 382. The molecule has 0 heterocycles. The number of aliphatic carboxylic acids is 2. The summed E-state index contributed by atoms with van der Waals surface area (Å²) in [5.74, 6) is -3.39. The molecule has 0 unspecified atom stereocenters. The second-order valence-electron chi connectivity index (χ2n) is 3.51. The van der Waals surface area contributed by atoms with E-state index in [1.165, 1.54) is 0 Å². The first-order valence-electron chi connectivity index (χ1n) is 5.22. The molecule has 0 saturated carbocycles. The van der Waals surface area contributed by atoms with Gasteiger partial charge in [0.1, 0.15) is 5.75 Å². The van der Waals surface area contributed by atoms with Crippen LogP contribution in [0.1, 0.15) is 12.5 Å². The van der Waals surface area contributed by atoms with Crippen LogP contribution in [0.4, 0.5) is 0 Å². The Kier molecular flexibility index (Phi) is 4.51. The van der Waals surface area contributed by atoms with Gasteiger partial charge in [-0.2, -0.15) is 0 Å². The zero-order chi connectivity index (χ0) is 12.8. The quantitative estimate of drug-likeness (QED) is 0.732. The first-order chi connectivity index (χ1) is 8.04. The van der Waals surface area contributed by atoms with Crippen molar-refractivity contribution in [3.8, 4) is 5.75 Å². The Morgan fingerprint density at radius 3 is 2.12 bits per heavy atom. The summed E-state index contributed by atoms with van der Waals surface area (Å²) >= 11 is 0. The third kappa shape index (κ3) is 3.79. The summed E-state index contributed by atoms with van der Waals surface area (Å²) in [7, 11) is 0. The van der Waals surface area contributed by atoms with Crippen LogP contribution in [0.25, 0.3) is 0 Å². The first kappa shape index (κ1) is 13.0. The molecule has 17 heavy (non-hydrogen) atoms. The molecule has 0 aliphatic carbocycles. The van der Waals surface area contributed by atoms with Crippen molar-refractivity contribution in [2.24, 2.45) is 5.92 Å². The van der Waals surface area contributed by atoms with Crippen LogP contribution < -0.4 is 4.74 Å². The van der Waals surface area contributed by atoms with E-state index in [2.05, 4.69) is 0 Å². The van der Waals surface area contributed by atoms with E-state index in [-0.39, 0.29) is 6.42 Å². The normalized spacial score (nSPS) is 10.2. The fraction of sp³-hybridized carbons (Fsp3) is 0.333. The monoisotopic (exact) mass is 238 g/mol. The maximum absolute atomic E-state index is 10.7. The van der Waals surface area contributed by atoms with Crippen molar-refractivity contribution in [3.05, 3.63) is 29.8 Å². The van der Waals surface area contributed by atoms with Gasteiger partial charge in [0.2, 0.25) is 0 Å². The van der Waals surface area contributed by atoms with Gasteiger partial charge < -0.3 is 14.9 Å². The Morgan fingerprint density at radius 2 is 1.71 bits per heavy atom. The van der Waals surface area contributed by atoms with E-state index in [0.29, 0.717) is 17.9 Å². The molecule has 0 radical (unpaired) electrons. The van der Waals surface area contributed by atoms with Gasteiger partial charge >= 0.3 is 11.9 Å². The van der Waals surface area contributed by atoms with Gasteiger partial charge in [0.15, 0.2) is 5.92 Å². The lowest BCUT2D eigenvalue weighted by Gasteiger charge is -2.08. The van der Waals surface area contributed by atoms with Gasteiger partial charge in [-0.05, 0) is 31.0 Å². The van der Waals surface area contributed by atoms with Crippen LogP contribution in [-0.4, -0.2) is 28.8 Å². The minimum Gasteiger partial charge on any atom is -0.494 e. The lowest BCUT2D eigenvalue weighted by Crippen LogP contribution is -2.25. The molecule has 0 aliphatic heterocycles. The largest absolute Gasteiger partial charge is 0.494 e. The smallest absolute Gasteiger partial charge is 0.318 e. The van der Waals surface area contributed by atoms with E-state index in [0.717, 1.165) is 0 Å². The molecule has 0 bridgehead atoms. The number of carboxylic acid groups (broad SMARTS) is 2. The van der Waals surface area contributed by atoms with Gasteiger partial charge in [0.05, 0.1) is 6.61 Å². The van der Waals surface area contributed by atoms with Crippen molar-refractivity contribution >= 4 is 11.9 Å². The molecule has 2 N–H and O–H groups in total. The Labute approximate surface area is 98.6 Å². The molecule has 0 aliphatic rings. The van der Waals surface area contributed by atoms with Crippen molar-refractivity contribution in [3.63, 3.8) is 0 Å². The highest BCUT2D eigenvalue weighted by Gasteiger charge is 2.25. The van der Waals surface area contributed by atoms with E-state index in [4.69, 9.17) is 14.9 Å². The van der Waals surface area contributed by atoms with Gasteiger partial charge in [-0.25, -0.2) is 0 Å². The average molecular weight is 238 g/mol. The number of benzene rings is 1. The predicted octanol–water partition coefficient (Wildman–Crippen LogP) is 1.41. The minimum atomic E-state index is -1.41. The van der Waals surface area contributed by atoms with Crippen molar-refractivity contribution in [1.82, 2.24) is 0 Å². The number of hydrogen-bond donors (Lipinski definition) is 2. The van der Waals surface area contributed by atoms with Gasteiger partial charge in [-0.1, -0.05) is 12.1 Å². The second-order valence-corrected chi connectivity index (χ2v) is 3.51. The van der Waals surface area contributed by atoms with Gasteiger partial charge in [-0.15, -0.1) is 0 Å². The summed E-state index contributed by atoms with van der Waals surface area (Å²) in [6, 6.07) is 6.73. The summed E-state index contributed by atoms with van der Waals surface area (Å²) in [6.45, 7) is 2.41. The van der Waals surface area contributed by atoms with Gasteiger partial charge in [-0.3, -0.25) is 9.59 Å². The maximum atomic E-state index is 10.7. The summed E-state index contributed by atoms with van der Waals surface area (Å²) in [4.78, 5) is 21.4. The zero-order valence-electron chi connectivity index (χ0n) is 9.42. The van der Waals surface area contributed by atoms with Crippen molar-refractivity contribution in [2.45, 2.75) is 13.3 Å². The maximum Gasteiger partial charge on any atom is 0.318 e. The Morgan fingerprint density at radius 1 is 1.18 bits per heavy atom. The van der Waals surface area contributed by atoms with Gasteiger partial charge in [0.25, 0.3) is 0 Å². The minimum absolute atomic E-state index is 0.0307. The number of carbonyl (C=O) groups is 2. The number of rotatable bonds is 6. The fourth-order valence-electron chi connectivity index (χ4n) is 1.40. The van der Waals surface area contributed by atoms with Crippen LogP contribution in [0.3, 0.4) is 0 Å². The lowest BCUT2D eigenvalue weighted by molar-refractivity contribution is -0.154. The molecule has 92 valence electrons. The molecule has 5 nitrogen and oxygen atoms in total. The third-order valence-electron chi connectivity index (χ3n) is 2.27. The highest BCUT2D eigenvalue weighted by atomic mass is 16.5. The van der Waals surface area contributed by atoms with Crippen LogP contribution in [0.2, 0.25) is 0 Å². The van der Waals surface area contributed by atoms with E-state index in [1.807, 2.05) is 6.92 Å².